The molecule has 140 valence electrons. The van der Waals surface area contributed by atoms with E-state index in [2.05, 4.69) is 23.7 Å². The van der Waals surface area contributed by atoms with Crippen LogP contribution in [0.15, 0.2) is 48.7 Å². The Balaban J connectivity index is 2.15. The molecule has 0 atom stereocenters. The van der Waals surface area contributed by atoms with Gasteiger partial charge in [-0.2, -0.15) is 0 Å². The van der Waals surface area contributed by atoms with E-state index in [1.54, 1.807) is 0 Å². The first-order chi connectivity index (χ1) is 12.6. The Morgan fingerprint density at radius 3 is 2.15 bits per heavy atom. The van der Waals surface area contributed by atoms with Gasteiger partial charge in [0.15, 0.2) is 0 Å². The number of carbonyl (C=O) groups is 1. The van der Waals surface area contributed by atoms with E-state index in [-0.39, 0.29) is 11.9 Å². The van der Waals surface area contributed by atoms with Crippen molar-refractivity contribution in [3.05, 3.63) is 59.9 Å². The van der Waals surface area contributed by atoms with Crippen LogP contribution in [-0.2, 0) is 6.54 Å². The molecule has 1 heterocycles. The normalized spacial score (nSPS) is 10.8. The van der Waals surface area contributed by atoms with E-state index in [9.17, 15) is 4.79 Å². The molecule has 0 N–H and O–H groups in total. The zero-order valence-corrected chi connectivity index (χ0v) is 16.5. The predicted octanol–water partition coefficient (Wildman–Crippen LogP) is 4.76. The van der Waals surface area contributed by atoms with Crippen molar-refractivity contribution in [2.45, 2.75) is 53.1 Å². The van der Waals surface area contributed by atoms with Gasteiger partial charge in [0, 0.05) is 25.7 Å². The molecule has 0 aliphatic heterocycles. The summed E-state index contributed by atoms with van der Waals surface area (Å²) in [7, 11) is 0. The smallest absolute Gasteiger partial charge is 0.272 e. The van der Waals surface area contributed by atoms with E-state index in [0.717, 1.165) is 37.2 Å². The number of benzene rings is 1. The third kappa shape index (κ3) is 5.32. The number of hydrogen-bond donors (Lipinski definition) is 0. The number of nitrogens with zero attached hydrogens (tertiary/aromatic N) is 3. The van der Waals surface area contributed by atoms with Crippen LogP contribution in [0.4, 0.5) is 5.69 Å². The Morgan fingerprint density at radius 1 is 1.00 bits per heavy atom. The van der Waals surface area contributed by atoms with Crippen molar-refractivity contribution in [3.8, 4) is 0 Å². The van der Waals surface area contributed by atoms with Crippen LogP contribution < -0.4 is 4.90 Å². The summed E-state index contributed by atoms with van der Waals surface area (Å²) in [5.74, 6) is -0.0204. The molecule has 0 aliphatic carbocycles. The van der Waals surface area contributed by atoms with Crippen LogP contribution in [0.3, 0.4) is 0 Å². The molecule has 4 nitrogen and oxygen atoms in total. The van der Waals surface area contributed by atoms with Gasteiger partial charge in [0.25, 0.3) is 5.91 Å². The van der Waals surface area contributed by atoms with Gasteiger partial charge in [-0.25, -0.2) is 4.98 Å². The van der Waals surface area contributed by atoms with Gasteiger partial charge in [-0.15, -0.1) is 0 Å². The SMILES string of the molecule is CCCN(CCC)c1ccc(C(=O)N(Cc2ccccc2)C(C)C)nc1. The first-order valence-corrected chi connectivity index (χ1v) is 9.62. The summed E-state index contributed by atoms with van der Waals surface area (Å²) in [5, 5.41) is 0. The van der Waals surface area contributed by atoms with Gasteiger partial charge in [0.05, 0.1) is 11.9 Å². The number of hydrogen-bond acceptors (Lipinski definition) is 3. The third-order valence-electron chi connectivity index (χ3n) is 4.40. The minimum absolute atomic E-state index is 0.0204. The molecule has 0 aliphatic rings. The molecular formula is C22H31N3O. The van der Waals surface area contributed by atoms with E-state index in [4.69, 9.17) is 0 Å². The molecule has 0 fully saturated rings. The summed E-state index contributed by atoms with van der Waals surface area (Å²) in [6, 6.07) is 14.1. The van der Waals surface area contributed by atoms with Crippen LogP contribution in [0.5, 0.6) is 0 Å². The summed E-state index contributed by atoms with van der Waals surface area (Å²) in [4.78, 5) is 21.6. The minimum Gasteiger partial charge on any atom is -0.370 e. The standard InChI is InChI=1S/C22H31N3O/c1-5-14-24(15-6-2)20-12-13-21(23-16-20)22(26)25(18(3)4)17-19-10-8-7-9-11-19/h7-13,16,18H,5-6,14-15,17H2,1-4H3. The Morgan fingerprint density at radius 2 is 1.65 bits per heavy atom. The number of carbonyl (C=O) groups excluding carboxylic acids is 1. The van der Waals surface area contributed by atoms with Gasteiger partial charge in [-0.3, -0.25) is 4.79 Å². The zero-order chi connectivity index (χ0) is 18.9. The molecule has 2 rings (SSSR count). The molecule has 0 unspecified atom stereocenters. The Hall–Kier alpha value is -2.36. The number of anilines is 1. The second kappa shape index (κ2) is 9.95. The average Bonchev–Trinajstić information content (AvgIpc) is 2.66. The molecule has 0 radical (unpaired) electrons. The second-order valence-corrected chi connectivity index (χ2v) is 6.90. The molecular weight excluding hydrogens is 322 g/mol. The number of amides is 1. The van der Waals surface area contributed by atoms with Crippen LogP contribution in [0, 0.1) is 0 Å². The highest BCUT2D eigenvalue weighted by molar-refractivity contribution is 5.92. The molecule has 1 aromatic heterocycles. The van der Waals surface area contributed by atoms with Crippen molar-refractivity contribution < 1.29 is 4.79 Å². The third-order valence-corrected chi connectivity index (χ3v) is 4.40. The van der Waals surface area contributed by atoms with Crippen LogP contribution in [-0.4, -0.2) is 34.9 Å². The summed E-state index contributed by atoms with van der Waals surface area (Å²) >= 11 is 0. The minimum atomic E-state index is -0.0204. The topological polar surface area (TPSA) is 36.4 Å². The first-order valence-electron chi connectivity index (χ1n) is 9.62. The first kappa shape index (κ1) is 20.0. The van der Waals surface area contributed by atoms with Crippen molar-refractivity contribution in [2.75, 3.05) is 18.0 Å². The molecule has 2 aromatic rings. The lowest BCUT2D eigenvalue weighted by atomic mass is 10.1. The quantitative estimate of drug-likeness (QED) is 0.652. The zero-order valence-electron chi connectivity index (χ0n) is 16.5. The number of aromatic nitrogens is 1. The molecule has 26 heavy (non-hydrogen) atoms. The molecule has 1 aromatic carbocycles. The van der Waals surface area contributed by atoms with Crippen LogP contribution in [0.2, 0.25) is 0 Å². The van der Waals surface area contributed by atoms with E-state index in [0.29, 0.717) is 12.2 Å². The van der Waals surface area contributed by atoms with Crippen molar-refractivity contribution in [1.82, 2.24) is 9.88 Å². The largest absolute Gasteiger partial charge is 0.370 e. The number of rotatable bonds is 9. The monoisotopic (exact) mass is 353 g/mol. The van der Waals surface area contributed by atoms with E-state index >= 15 is 0 Å². The van der Waals surface area contributed by atoms with Gasteiger partial charge in [0.2, 0.25) is 0 Å². The summed E-state index contributed by atoms with van der Waals surface area (Å²) in [6.07, 6.45) is 4.03. The summed E-state index contributed by atoms with van der Waals surface area (Å²) in [6.45, 7) is 11.1. The van der Waals surface area contributed by atoms with Crippen LogP contribution in [0.1, 0.15) is 56.6 Å². The highest BCUT2D eigenvalue weighted by Gasteiger charge is 2.20. The predicted molar refractivity (Wildman–Crippen MR) is 108 cm³/mol. The Bertz CT molecular complexity index is 662. The van der Waals surface area contributed by atoms with Crippen LogP contribution in [0.25, 0.3) is 0 Å². The Kier molecular flexibility index (Phi) is 7.64. The lowest BCUT2D eigenvalue weighted by Crippen LogP contribution is -2.37. The lowest BCUT2D eigenvalue weighted by molar-refractivity contribution is 0.0684. The fourth-order valence-corrected chi connectivity index (χ4v) is 3.03. The van der Waals surface area contributed by atoms with Crippen molar-refractivity contribution in [1.29, 1.82) is 0 Å². The number of pyridine rings is 1. The van der Waals surface area contributed by atoms with Crippen molar-refractivity contribution >= 4 is 11.6 Å². The van der Waals surface area contributed by atoms with Crippen molar-refractivity contribution in [3.63, 3.8) is 0 Å². The average molecular weight is 354 g/mol. The highest BCUT2D eigenvalue weighted by Crippen LogP contribution is 2.17. The van der Waals surface area contributed by atoms with Gasteiger partial charge in [-0.05, 0) is 44.4 Å². The Labute approximate surface area is 157 Å². The summed E-state index contributed by atoms with van der Waals surface area (Å²) in [5.41, 5.74) is 2.72. The fraction of sp³-hybridized carbons (Fsp3) is 0.455. The second-order valence-electron chi connectivity index (χ2n) is 6.90. The van der Waals surface area contributed by atoms with Gasteiger partial charge < -0.3 is 9.80 Å². The van der Waals surface area contributed by atoms with Crippen molar-refractivity contribution in [2.24, 2.45) is 0 Å². The van der Waals surface area contributed by atoms with Gasteiger partial charge in [0.1, 0.15) is 5.69 Å². The van der Waals surface area contributed by atoms with E-state index in [1.165, 1.54) is 0 Å². The maximum Gasteiger partial charge on any atom is 0.272 e. The van der Waals surface area contributed by atoms with E-state index < -0.39 is 0 Å². The summed E-state index contributed by atoms with van der Waals surface area (Å²) < 4.78 is 0. The molecule has 4 heteroatoms. The molecule has 0 saturated carbocycles. The van der Waals surface area contributed by atoms with E-state index in [1.807, 2.05) is 67.4 Å². The van der Waals surface area contributed by atoms with Gasteiger partial charge in [-0.1, -0.05) is 44.2 Å². The maximum atomic E-state index is 13.0. The lowest BCUT2D eigenvalue weighted by Gasteiger charge is -2.27. The molecule has 0 spiro atoms. The van der Waals surface area contributed by atoms with Crippen LogP contribution >= 0.6 is 0 Å². The molecule has 0 bridgehead atoms. The maximum absolute atomic E-state index is 13.0. The molecule has 0 saturated heterocycles. The highest BCUT2D eigenvalue weighted by atomic mass is 16.2. The van der Waals surface area contributed by atoms with Gasteiger partial charge >= 0.3 is 0 Å². The molecule has 1 amide bonds. The fourth-order valence-electron chi connectivity index (χ4n) is 3.03.